The van der Waals surface area contributed by atoms with E-state index in [1.165, 1.54) is 33.6 Å². The Bertz CT molecular complexity index is 934. The van der Waals surface area contributed by atoms with Gasteiger partial charge in [-0.15, -0.1) is 0 Å². The molecule has 2 aromatic carbocycles. The molecule has 1 aliphatic heterocycles. The number of carboxylic acids is 2. The van der Waals surface area contributed by atoms with Gasteiger partial charge in [0.15, 0.2) is 0 Å². The van der Waals surface area contributed by atoms with Gasteiger partial charge in [-0.25, -0.2) is 0 Å². The maximum atomic E-state index is 9.00. The molecule has 0 amide bonds. The van der Waals surface area contributed by atoms with Crippen LogP contribution in [-0.4, -0.2) is 22.2 Å². The molecule has 1 aliphatic rings. The predicted octanol–water partition coefficient (Wildman–Crippen LogP) is 8.15. The molecule has 0 fully saturated rings. The molecule has 6 nitrogen and oxygen atoms in total. The van der Waals surface area contributed by atoms with Crippen molar-refractivity contribution in [2.24, 2.45) is 0 Å². The largest absolute Gasteiger partial charge is 0.481 e. The summed E-state index contributed by atoms with van der Waals surface area (Å²) in [6.45, 7) is 24.0. The first-order valence-electron chi connectivity index (χ1n) is 12.9. The van der Waals surface area contributed by atoms with Crippen LogP contribution in [0.3, 0.4) is 0 Å². The number of para-hydroxylation sites is 2. The maximum absolute atomic E-state index is 9.00. The Morgan fingerprint density at radius 1 is 0.605 bits per heavy atom. The Morgan fingerprint density at radius 3 is 1.00 bits per heavy atom. The van der Waals surface area contributed by atoms with Crippen LogP contribution in [0.1, 0.15) is 115 Å². The Morgan fingerprint density at radius 2 is 0.816 bits per heavy atom. The average Bonchev–Trinajstić information content (AvgIpc) is 3.26. The van der Waals surface area contributed by atoms with E-state index < -0.39 is 11.9 Å². The molecule has 2 N–H and O–H groups in total. The van der Waals surface area contributed by atoms with Crippen molar-refractivity contribution in [2.75, 3.05) is 9.80 Å². The van der Waals surface area contributed by atoms with Crippen LogP contribution in [-0.2, 0) is 26.7 Å². The molecule has 7 heteroatoms. The molecule has 213 valence electrons. The van der Waals surface area contributed by atoms with Gasteiger partial charge in [0, 0.05) is 43.3 Å². The van der Waals surface area contributed by atoms with Gasteiger partial charge in [0.05, 0.1) is 11.4 Å². The molecule has 38 heavy (non-hydrogen) atoms. The van der Waals surface area contributed by atoms with Gasteiger partial charge in [-0.1, -0.05) is 91.8 Å². The topological polar surface area (TPSA) is 81.1 Å². The Labute approximate surface area is 240 Å². The van der Waals surface area contributed by atoms with Crippen molar-refractivity contribution in [3.8, 4) is 0 Å². The second-order valence-corrected chi connectivity index (χ2v) is 10.4. The summed E-state index contributed by atoms with van der Waals surface area (Å²) in [5.74, 6) is 0.175. The van der Waals surface area contributed by atoms with Gasteiger partial charge in [0.25, 0.3) is 11.9 Å². The zero-order chi connectivity index (χ0) is 28.4. The minimum absolute atomic E-state index is 0. The minimum atomic E-state index is -0.833. The van der Waals surface area contributed by atoms with E-state index in [2.05, 4.69) is 121 Å². The number of hydrogen-bond acceptors (Lipinski definition) is 4. The molecule has 0 atom stereocenters. The van der Waals surface area contributed by atoms with E-state index >= 15 is 0 Å². The van der Waals surface area contributed by atoms with Crippen LogP contribution in [0, 0.1) is 6.67 Å². The van der Waals surface area contributed by atoms with Gasteiger partial charge in [-0.3, -0.25) is 9.59 Å². The molecule has 0 aromatic heterocycles. The van der Waals surface area contributed by atoms with Gasteiger partial charge >= 0.3 is 0 Å². The van der Waals surface area contributed by atoms with Crippen molar-refractivity contribution in [1.29, 1.82) is 0 Å². The van der Waals surface area contributed by atoms with E-state index in [-0.39, 0.29) is 17.1 Å². The minimum Gasteiger partial charge on any atom is -0.481 e. The maximum Gasteiger partial charge on any atom is 0.300 e. The Kier molecular flexibility index (Phi) is 15.1. The molecule has 0 spiro atoms. The molecule has 3 radical (unpaired) electrons. The fourth-order valence-electron chi connectivity index (χ4n) is 4.14. The van der Waals surface area contributed by atoms with E-state index in [0.29, 0.717) is 23.7 Å². The average molecular weight is 572 g/mol. The number of rotatable bonds is 6. The first-order chi connectivity index (χ1) is 17.2. The number of anilines is 2. The molecule has 0 saturated carbocycles. The number of nitrogens with zero attached hydrogens (tertiary/aromatic N) is 2. The summed E-state index contributed by atoms with van der Waals surface area (Å²) >= 11 is 0. The second kappa shape index (κ2) is 16.3. The monoisotopic (exact) mass is 571 g/mol. The summed E-state index contributed by atoms with van der Waals surface area (Å²) in [5, 5.41) is 14.8. The Hall–Kier alpha value is -2.76. The van der Waals surface area contributed by atoms with Crippen molar-refractivity contribution in [3.05, 3.63) is 77.7 Å². The molecule has 0 aliphatic carbocycles. The SMILES string of the molecule is CC(=O)O.CC(=O)O.CC(C)c1cccc(C(C)C)c1N1[C]N(c2c(C(C)C)cccc2C(C)C)C=C1.[Cu]. The second-order valence-electron chi connectivity index (χ2n) is 10.4. The van der Waals surface area contributed by atoms with Gasteiger partial charge in [-0.2, -0.15) is 0 Å². The quantitative estimate of drug-likeness (QED) is 0.340. The number of benzene rings is 2. The number of hydrogen-bond donors (Lipinski definition) is 2. The smallest absolute Gasteiger partial charge is 0.300 e. The molecule has 2 aromatic rings. The zero-order valence-electron chi connectivity index (χ0n) is 24.3. The third-order valence-corrected chi connectivity index (χ3v) is 5.75. The number of carbonyl (C=O) groups is 2. The summed E-state index contributed by atoms with van der Waals surface area (Å²) in [6.07, 6.45) is 4.32. The summed E-state index contributed by atoms with van der Waals surface area (Å²) in [4.78, 5) is 22.4. The third kappa shape index (κ3) is 10.2. The molecule has 3 rings (SSSR count). The molecule has 0 saturated heterocycles. The van der Waals surface area contributed by atoms with Gasteiger partial charge in [0.1, 0.15) is 0 Å². The van der Waals surface area contributed by atoms with Crippen LogP contribution in [0.2, 0.25) is 0 Å². The molecular weight excluding hydrogens is 528 g/mol. The summed E-state index contributed by atoms with van der Waals surface area (Å²) in [6, 6.07) is 13.4. The summed E-state index contributed by atoms with van der Waals surface area (Å²) in [5.41, 5.74) is 8.05. The van der Waals surface area contributed by atoms with Gasteiger partial charge in [-0.05, 0) is 45.9 Å². The fourth-order valence-corrected chi connectivity index (χ4v) is 4.14. The third-order valence-electron chi connectivity index (χ3n) is 5.75. The first-order valence-corrected chi connectivity index (χ1v) is 12.9. The van der Waals surface area contributed by atoms with Crippen LogP contribution in [0.4, 0.5) is 11.4 Å². The van der Waals surface area contributed by atoms with Crippen molar-refractivity contribution < 1.29 is 36.9 Å². The van der Waals surface area contributed by atoms with Crippen molar-refractivity contribution in [1.82, 2.24) is 0 Å². The van der Waals surface area contributed by atoms with E-state index in [0.717, 1.165) is 13.8 Å². The molecule has 0 bridgehead atoms. The number of aliphatic carboxylic acids is 2. The van der Waals surface area contributed by atoms with Crippen LogP contribution in [0.5, 0.6) is 0 Å². The number of carboxylic acid groups (broad SMARTS) is 2. The van der Waals surface area contributed by atoms with Crippen molar-refractivity contribution >= 4 is 23.3 Å². The van der Waals surface area contributed by atoms with E-state index in [1.54, 1.807) is 0 Å². The summed E-state index contributed by atoms with van der Waals surface area (Å²) in [7, 11) is 0. The van der Waals surface area contributed by atoms with Crippen LogP contribution in [0.15, 0.2) is 48.8 Å². The van der Waals surface area contributed by atoms with Crippen LogP contribution >= 0.6 is 0 Å². The summed E-state index contributed by atoms with van der Waals surface area (Å²) < 4.78 is 0. The van der Waals surface area contributed by atoms with Crippen molar-refractivity contribution in [2.45, 2.75) is 92.9 Å². The van der Waals surface area contributed by atoms with Crippen LogP contribution < -0.4 is 9.80 Å². The first kappa shape index (κ1) is 35.2. The molecule has 1 heterocycles. The van der Waals surface area contributed by atoms with E-state index in [4.69, 9.17) is 19.8 Å². The molecule has 0 unspecified atom stereocenters. The predicted molar refractivity (Wildman–Crippen MR) is 153 cm³/mol. The van der Waals surface area contributed by atoms with Crippen molar-refractivity contribution in [3.63, 3.8) is 0 Å². The normalized spacial score (nSPS) is 12.3. The molecular formula is C31H44CuN2O4. The Balaban J connectivity index is 0.00000134. The van der Waals surface area contributed by atoms with Gasteiger partial charge < -0.3 is 20.0 Å². The standard InChI is InChI=1S/C27H36N2.2C2H4O2.Cu/c1-18(2)22-11-9-12-23(19(3)4)26(22)28-15-16-29(17-28)27-24(20(5)6)13-10-14-25(27)21(7)8;2*1-2(3)4;/h9-16,18-21H,1-8H3;2*1H3,(H,3,4);. The van der Waals surface area contributed by atoms with Crippen LogP contribution in [0.25, 0.3) is 0 Å². The zero-order valence-corrected chi connectivity index (χ0v) is 25.3. The fraction of sp³-hybridized carbons (Fsp3) is 0.452. The van der Waals surface area contributed by atoms with E-state index in [9.17, 15) is 0 Å². The van der Waals surface area contributed by atoms with Gasteiger partial charge in [0.2, 0.25) is 6.67 Å². The van der Waals surface area contributed by atoms with E-state index in [1.807, 2.05) is 0 Å².